The van der Waals surface area contributed by atoms with E-state index in [-0.39, 0.29) is 24.3 Å². The Morgan fingerprint density at radius 3 is 2.31 bits per heavy atom. The van der Waals surface area contributed by atoms with Gasteiger partial charge in [0, 0.05) is 20.7 Å². The summed E-state index contributed by atoms with van der Waals surface area (Å²) in [5.74, 6) is -1.33. The second-order valence-corrected chi connectivity index (χ2v) is 8.28. The lowest BCUT2D eigenvalue weighted by atomic mass is 10.0. The molecule has 0 aliphatic carbocycles. The SMILES string of the molecule is Cc1cc(Br)ccc1NC(=O)CNC(=O)C(NC(=O)c1ccc(Cl)cc1)C(C)C. The number of carbonyl (C=O) groups excluding carboxylic acids is 3. The second-order valence-electron chi connectivity index (χ2n) is 6.93. The van der Waals surface area contributed by atoms with Crippen LogP contribution >= 0.6 is 27.5 Å². The molecule has 2 aromatic rings. The minimum atomic E-state index is -0.777. The quantitative estimate of drug-likeness (QED) is 0.561. The molecule has 0 spiro atoms. The van der Waals surface area contributed by atoms with Gasteiger partial charge in [-0.15, -0.1) is 0 Å². The topological polar surface area (TPSA) is 87.3 Å². The van der Waals surface area contributed by atoms with Crippen molar-refractivity contribution in [3.8, 4) is 0 Å². The number of halogens is 2. The summed E-state index contributed by atoms with van der Waals surface area (Å²) >= 11 is 9.20. The monoisotopic (exact) mass is 479 g/mol. The maximum Gasteiger partial charge on any atom is 0.251 e. The van der Waals surface area contributed by atoms with Crippen LogP contribution < -0.4 is 16.0 Å². The molecule has 0 aliphatic rings. The average molecular weight is 481 g/mol. The van der Waals surface area contributed by atoms with Crippen molar-refractivity contribution < 1.29 is 14.4 Å². The van der Waals surface area contributed by atoms with Crippen LogP contribution in [0.1, 0.15) is 29.8 Å². The van der Waals surface area contributed by atoms with E-state index in [4.69, 9.17) is 11.6 Å². The summed E-state index contributed by atoms with van der Waals surface area (Å²) in [4.78, 5) is 37.1. The first-order chi connectivity index (χ1) is 13.7. The molecule has 0 radical (unpaired) electrons. The Morgan fingerprint density at radius 2 is 1.72 bits per heavy atom. The number of hydrogen-bond donors (Lipinski definition) is 3. The summed E-state index contributed by atoms with van der Waals surface area (Å²) in [5, 5.41) is 8.57. The van der Waals surface area contributed by atoms with Crippen molar-refractivity contribution in [1.29, 1.82) is 0 Å². The molecule has 3 N–H and O–H groups in total. The maximum atomic E-state index is 12.5. The summed E-state index contributed by atoms with van der Waals surface area (Å²) in [6, 6.07) is 11.1. The minimum Gasteiger partial charge on any atom is -0.345 e. The third-order valence-electron chi connectivity index (χ3n) is 4.23. The zero-order valence-corrected chi connectivity index (χ0v) is 18.7. The van der Waals surface area contributed by atoms with E-state index in [1.807, 2.05) is 32.9 Å². The number of benzene rings is 2. The Morgan fingerprint density at radius 1 is 1.07 bits per heavy atom. The smallest absolute Gasteiger partial charge is 0.251 e. The van der Waals surface area contributed by atoms with Crippen LogP contribution in [0, 0.1) is 12.8 Å². The Kier molecular flexibility index (Phi) is 8.22. The van der Waals surface area contributed by atoms with Gasteiger partial charge in [-0.25, -0.2) is 0 Å². The van der Waals surface area contributed by atoms with E-state index in [0.29, 0.717) is 16.3 Å². The number of hydrogen-bond acceptors (Lipinski definition) is 3. The molecule has 1 atom stereocenters. The average Bonchev–Trinajstić information content (AvgIpc) is 2.66. The molecular formula is C21H23BrClN3O3. The lowest BCUT2D eigenvalue weighted by Gasteiger charge is -2.21. The third-order valence-corrected chi connectivity index (χ3v) is 4.97. The highest BCUT2D eigenvalue weighted by Gasteiger charge is 2.25. The number of aryl methyl sites for hydroxylation is 1. The van der Waals surface area contributed by atoms with Crippen molar-refractivity contribution in [3.63, 3.8) is 0 Å². The lowest BCUT2D eigenvalue weighted by Crippen LogP contribution is -2.51. The van der Waals surface area contributed by atoms with E-state index in [2.05, 4.69) is 31.9 Å². The van der Waals surface area contributed by atoms with Crippen molar-refractivity contribution in [2.75, 3.05) is 11.9 Å². The van der Waals surface area contributed by atoms with Crippen LogP contribution in [0.3, 0.4) is 0 Å². The summed E-state index contributed by atoms with van der Waals surface area (Å²) in [6.07, 6.45) is 0. The van der Waals surface area contributed by atoms with Crippen LogP contribution in [-0.2, 0) is 9.59 Å². The van der Waals surface area contributed by atoms with Gasteiger partial charge in [0.25, 0.3) is 5.91 Å². The summed E-state index contributed by atoms with van der Waals surface area (Å²) < 4.78 is 0.914. The van der Waals surface area contributed by atoms with E-state index in [9.17, 15) is 14.4 Å². The van der Waals surface area contributed by atoms with Crippen molar-refractivity contribution in [1.82, 2.24) is 10.6 Å². The molecule has 0 fully saturated rings. The fraction of sp³-hybridized carbons (Fsp3) is 0.286. The molecule has 6 nitrogen and oxygen atoms in total. The lowest BCUT2D eigenvalue weighted by molar-refractivity contribution is -0.126. The molecule has 2 aromatic carbocycles. The van der Waals surface area contributed by atoms with Crippen LogP contribution in [0.2, 0.25) is 5.02 Å². The first kappa shape index (κ1) is 22.9. The predicted molar refractivity (Wildman–Crippen MR) is 118 cm³/mol. The summed E-state index contributed by atoms with van der Waals surface area (Å²) in [7, 11) is 0. The molecular weight excluding hydrogens is 458 g/mol. The molecule has 0 saturated carbocycles. The normalized spacial score (nSPS) is 11.7. The zero-order valence-electron chi connectivity index (χ0n) is 16.4. The van der Waals surface area contributed by atoms with Crippen molar-refractivity contribution >= 4 is 50.9 Å². The Bertz CT molecular complexity index is 901. The van der Waals surface area contributed by atoms with E-state index in [0.717, 1.165) is 10.0 Å². The van der Waals surface area contributed by atoms with Gasteiger partial charge in [-0.1, -0.05) is 41.4 Å². The van der Waals surface area contributed by atoms with Gasteiger partial charge in [0.05, 0.1) is 6.54 Å². The van der Waals surface area contributed by atoms with Gasteiger partial charge >= 0.3 is 0 Å². The van der Waals surface area contributed by atoms with Gasteiger partial charge in [0.15, 0.2) is 0 Å². The number of anilines is 1. The minimum absolute atomic E-state index is 0.164. The molecule has 0 heterocycles. The molecule has 154 valence electrons. The Hall–Kier alpha value is -2.38. The number of amides is 3. The summed E-state index contributed by atoms with van der Waals surface area (Å²) in [6.45, 7) is 5.31. The molecule has 29 heavy (non-hydrogen) atoms. The Labute approximate surface area is 183 Å². The van der Waals surface area contributed by atoms with Gasteiger partial charge in [0.1, 0.15) is 6.04 Å². The van der Waals surface area contributed by atoms with Gasteiger partial charge in [0.2, 0.25) is 11.8 Å². The van der Waals surface area contributed by atoms with Crippen molar-refractivity contribution in [2.45, 2.75) is 26.8 Å². The molecule has 0 aliphatic heterocycles. The molecule has 3 amide bonds. The van der Waals surface area contributed by atoms with E-state index >= 15 is 0 Å². The zero-order chi connectivity index (χ0) is 21.6. The van der Waals surface area contributed by atoms with Crippen LogP contribution in [0.5, 0.6) is 0 Å². The highest BCUT2D eigenvalue weighted by Crippen LogP contribution is 2.19. The van der Waals surface area contributed by atoms with Gasteiger partial charge in [-0.3, -0.25) is 14.4 Å². The van der Waals surface area contributed by atoms with Crippen molar-refractivity contribution in [2.24, 2.45) is 5.92 Å². The van der Waals surface area contributed by atoms with E-state index < -0.39 is 11.9 Å². The largest absolute Gasteiger partial charge is 0.345 e. The third kappa shape index (κ3) is 6.87. The van der Waals surface area contributed by atoms with Crippen molar-refractivity contribution in [3.05, 3.63) is 63.1 Å². The summed E-state index contributed by atoms with van der Waals surface area (Å²) in [5.41, 5.74) is 1.97. The van der Waals surface area contributed by atoms with Gasteiger partial charge in [-0.05, 0) is 60.9 Å². The highest BCUT2D eigenvalue weighted by atomic mass is 79.9. The first-order valence-electron chi connectivity index (χ1n) is 9.07. The van der Waals surface area contributed by atoms with Gasteiger partial charge < -0.3 is 16.0 Å². The van der Waals surface area contributed by atoms with Crippen LogP contribution in [0.4, 0.5) is 5.69 Å². The second kappa shape index (κ2) is 10.4. The maximum absolute atomic E-state index is 12.5. The molecule has 8 heteroatoms. The van der Waals surface area contributed by atoms with E-state index in [1.54, 1.807) is 30.3 Å². The fourth-order valence-electron chi connectivity index (χ4n) is 2.60. The molecule has 0 bridgehead atoms. The Balaban J connectivity index is 1.94. The fourth-order valence-corrected chi connectivity index (χ4v) is 3.20. The highest BCUT2D eigenvalue weighted by molar-refractivity contribution is 9.10. The van der Waals surface area contributed by atoms with Crippen LogP contribution in [0.25, 0.3) is 0 Å². The predicted octanol–water partition coefficient (Wildman–Crippen LogP) is 3.92. The van der Waals surface area contributed by atoms with Gasteiger partial charge in [-0.2, -0.15) is 0 Å². The molecule has 0 aromatic heterocycles. The molecule has 2 rings (SSSR count). The van der Waals surface area contributed by atoms with E-state index in [1.165, 1.54) is 0 Å². The number of rotatable bonds is 7. The molecule has 1 unspecified atom stereocenters. The number of nitrogens with one attached hydrogen (secondary N) is 3. The first-order valence-corrected chi connectivity index (χ1v) is 10.2. The van der Waals surface area contributed by atoms with Crippen LogP contribution in [0.15, 0.2) is 46.9 Å². The number of carbonyl (C=O) groups is 3. The standard InChI is InChI=1S/C21H23BrClN3O3/c1-12(2)19(26-20(28)14-4-7-16(23)8-5-14)21(29)24-11-18(27)25-17-9-6-15(22)10-13(17)3/h4-10,12,19H,11H2,1-3H3,(H,24,29)(H,25,27)(H,26,28). The molecule has 0 saturated heterocycles. The van der Waals surface area contributed by atoms with Crippen LogP contribution in [-0.4, -0.2) is 30.3 Å².